The maximum Gasteiger partial charge on any atom is 0.142 e. The van der Waals surface area contributed by atoms with Crippen LogP contribution in [0.15, 0.2) is 18.2 Å². The average Bonchev–Trinajstić information content (AvgIpc) is 2.45. The molecule has 0 spiro atoms. The van der Waals surface area contributed by atoms with Crippen LogP contribution in [0.2, 0.25) is 0 Å². The van der Waals surface area contributed by atoms with Gasteiger partial charge in [0.25, 0.3) is 0 Å². The summed E-state index contributed by atoms with van der Waals surface area (Å²) in [5.41, 5.74) is 2.49. The zero-order valence-corrected chi connectivity index (χ0v) is 13.1. The van der Waals surface area contributed by atoms with Gasteiger partial charge in [-0.1, -0.05) is 19.9 Å². The van der Waals surface area contributed by atoms with Gasteiger partial charge >= 0.3 is 0 Å². The fourth-order valence-corrected chi connectivity index (χ4v) is 2.46. The van der Waals surface area contributed by atoms with Crippen molar-refractivity contribution >= 4 is 5.69 Å². The smallest absolute Gasteiger partial charge is 0.142 e. The van der Waals surface area contributed by atoms with E-state index < -0.39 is 0 Å². The van der Waals surface area contributed by atoms with Crippen LogP contribution < -0.4 is 15.0 Å². The van der Waals surface area contributed by atoms with Crippen molar-refractivity contribution < 1.29 is 4.74 Å². The Morgan fingerprint density at radius 1 is 1.20 bits per heavy atom. The van der Waals surface area contributed by atoms with Crippen molar-refractivity contribution in [2.24, 2.45) is 0 Å². The molecule has 1 aliphatic rings. The largest absolute Gasteiger partial charge is 0.495 e. The number of methoxy groups -OCH3 is 1. The molecule has 20 heavy (non-hydrogen) atoms. The van der Waals surface area contributed by atoms with Crippen LogP contribution in [0.5, 0.6) is 5.75 Å². The number of benzene rings is 1. The van der Waals surface area contributed by atoms with Gasteiger partial charge in [-0.05, 0) is 24.7 Å². The molecule has 1 heterocycles. The minimum absolute atomic E-state index is 0.498. The van der Waals surface area contributed by atoms with Gasteiger partial charge in [-0.15, -0.1) is 0 Å². The van der Waals surface area contributed by atoms with Crippen LogP contribution in [0, 0.1) is 0 Å². The maximum atomic E-state index is 5.59. The van der Waals surface area contributed by atoms with E-state index in [2.05, 4.69) is 54.2 Å². The van der Waals surface area contributed by atoms with Gasteiger partial charge in [0, 0.05) is 38.8 Å². The summed E-state index contributed by atoms with van der Waals surface area (Å²) < 4.78 is 5.59. The fourth-order valence-electron chi connectivity index (χ4n) is 2.46. The van der Waals surface area contributed by atoms with Crippen LogP contribution in [-0.2, 0) is 6.54 Å². The summed E-state index contributed by atoms with van der Waals surface area (Å²) in [5.74, 6) is 0.984. The van der Waals surface area contributed by atoms with Gasteiger partial charge in [-0.25, -0.2) is 0 Å². The number of hydrogen-bond acceptors (Lipinski definition) is 4. The van der Waals surface area contributed by atoms with E-state index in [0.717, 1.165) is 38.5 Å². The molecule has 1 aromatic carbocycles. The van der Waals surface area contributed by atoms with Gasteiger partial charge in [0.2, 0.25) is 0 Å². The molecule has 2 rings (SSSR count). The highest BCUT2D eigenvalue weighted by Gasteiger charge is 2.17. The second kappa shape index (κ2) is 6.95. The molecule has 0 aliphatic carbocycles. The molecule has 1 aromatic rings. The van der Waals surface area contributed by atoms with Crippen molar-refractivity contribution in [2.75, 3.05) is 45.2 Å². The number of anilines is 1. The predicted molar refractivity (Wildman–Crippen MR) is 84.7 cm³/mol. The van der Waals surface area contributed by atoms with Crippen LogP contribution in [-0.4, -0.2) is 51.3 Å². The second-order valence-corrected chi connectivity index (χ2v) is 5.83. The van der Waals surface area contributed by atoms with Crippen LogP contribution >= 0.6 is 0 Å². The number of nitrogens with one attached hydrogen (secondary N) is 1. The van der Waals surface area contributed by atoms with E-state index in [0.29, 0.717) is 6.04 Å². The first-order valence-electron chi connectivity index (χ1n) is 7.44. The average molecular weight is 277 g/mol. The van der Waals surface area contributed by atoms with Gasteiger partial charge in [0.15, 0.2) is 0 Å². The number of rotatable bonds is 5. The minimum Gasteiger partial charge on any atom is -0.495 e. The first kappa shape index (κ1) is 15.1. The molecule has 0 radical (unpaired) electrons. The summed E-state index contributed by atoms with van der Waals surface area (Å²) >= 11 is 0. The van der Waals surface area contributed by atoms with Gasteiger partial charge in [-0.2, -0.15) is 0 Å². The van der Waals surface area contributed by atoms with Crippen LogP contribution in [0.4, 0.5) is 5.69 Å². The Morgan fingerprint density at radius 3 is 2.50 bits per heavy atom. The summed E-state index contributed by atoms with van der Waals surface area (Å²) in [6.07, 6.45) is 0. The highest BCUT2D eigenvalue weighted by molar-refractivity contribution is 5.60. The van der Waals surface area contributed by atoms with Crippen LogP contribution in [0.3, 0.4) is 0 Å². The third-order valence-electron chi connectivity index (χ3n) is 3.80. The Balaban J connectivity index is 2.09. The lowest BCUT2D eigenvalue weighted by Crippen LogP contribution is -2.44. The van der Waals surface area contributed by atoms with Gasteiger partial charge in [0.05, 0.1) is 12.8 Å². The molecule has 1 saturated heterocycles. The van der Waals surface area contributed by atoms with E-state index in [9.17, 15) is 0 Å². The Bertz CT molecular complexity index is 426. The van der Waals surface area contributed by atoms with Crippen molar-refractivity contribution in [3.8, 4) is 5.75 Å². The number of hydrogen-bond donors (Lipinski definition) is 1. The first-order chi connectivity index (χ1) is 9.60. The molecule has 112 valence electrons. The molecular formula is C16H27N3O. The molecule has 0 bridgehead atoms. The summed E-state index contributed by atoms with van der Waals surface area (Å²) in [4.78, 5) is 4.78. The fraction of sp³-hybridized carbons (Fsp3) is 0.625. The molecular weight excluding hydrogens is 250 g/mol. The topological polar surface area (TPSA) is 27.7 Å². The van der Waals surface area contributed by atoms with Crippen LogP contribution in [0.1, 0.15) is 19.4 Å². The lowest BCUT2D eigenvalue weighted by Gasteiger charge is -2.34. The van der Waals surface area contributed by atoms with Crippen molar-refractivity contribution in [1.29, 1.82) is 0 Å². The Hall–Kier alpha value is -1.26. The summed E-state index contributed by atoms with van der Waals surface area (Å²) in [5, 5.41) is 3.44. The van der Waals surface area contributed by atoms with Crippen molar-refractivity contribution in [3.05, 3.63) is 23.8 Å². The van der Waals surface area contributed by atoms with Crippen molar-refractivity contribution in [3.63, 3.8) is 0 Å². The van der Waals surface area contributed by atoms with E-state index in [1.807, 2.05) is 0 Å². The molecule has 1 N–H and O–H groups in total. The maximum absolute atomic E-state index is 5.59. The summed E-state index contributed by atoms with van der Waals surface area (Å²) in [6.45, 7) is 9.56. The molecule has 0 saturated carbocycles. The SMILES string of the molecule is COc1cc(CNC(C)C)ccc1N1CCN(C)CC1. The highest BCUT2D eigenvalue weighted by atomic mass is 16.5. The molecule has 4 heteroatoms. The summed E-state index contributed by atoms with van der Waals surface area (Å²) in [7, 11) is 3.93. The summed E-state index contributed by atoms with van der Waals surface area (Å²) in [6, 6.07) is 7.05. The molecule has 0 amide bonds. The number of likely N-dealkylation sites (N-methyl/N-ethyl adjacent to an activating group) is 1. The zero-order valence-electron chi connectivity index (χ0n) is 13.1. The monoisotopic (exact) mass is 277 g/mol. The molecule has 1 fully saturated rings. The lowest BCUT2D eigenvalue weighted by atomic mass is 10.1. The first-order valence-corrected chi connectivity index (χ1v) is 7.44. The molecule has 0 unspecified atom stereocenters. The Kier molecular flexibility index (Phi) is 5.26. The standard InChI is InChI=1S/C16H27N3O/c1-13(2)17-12-14-5-6-15(16(11-14)20-4)19-9-7-18(3)8-10-19/h5-6,11,13,17H,7-10,12H2,1-4H3. The third-order valence-corrected chi connectivity index (χ3v) is 3.80. The van der Waals surface area contributed by atoms with E-state index >= 15 is 0 Å². The predicted octanol–water partition coefficient (Wildman–Crippen LogP) is 1.94. The Labute approximate surface area is 122 Å². The molecule has 0 aromatic heterocycles. The second-order valence-electron chi connectivity index (χ2n) is 5.83. The normalized spacial score (nSPS) is 16.8. The molecule has 4 nitrogen and oxygen atoms in total. The Morgan fingerprint density at radius 2 is 1.90 bits per heavy atom. The number of ether oxygens (including phenoxy) is 1. The zero-order chi connectivity index (χ0) is 14.5. The highest BCUT2D eigenvalue weighted by Crippen LogP contribution is 2.30. The van der Waals surface area contributed by atoms with Gasteiger partial charge in [-0.3, -0.25) is 0 Å². The van der Waals surface area contributed by atoms with Crippen molar-refractivity contribution in [2.45, 2.75) is 26.4 Å². The van der Waals surface area contributed by atoms with E-state index in [1.54, 1.807) is 7.11 Å². The molecule has 1 aliphatic heterocycles. The van der Waals surface area contributed by atoms with E-state index in [4.69, 9.17) is 4.74 Å². The number of piperazine rings is 1. The minimum atomic E-state index is 0.498. The van der Waals surface area contributed by atoms with E-state index in [-0.39, 0.29) is 0 Å². The number of nitrogens with zero attached hydrogens (tertiary/aromatic N) is 2. The van der Waals surface area contributed by atoms with E-state index in [1.165, 1.54) is 11.3 Å². The van der Waals surface area contributed by atoms with Gasteiger partial charge in [0.1, 0.15) is 5.75 Å². The quantitative estimate of drug-likeness (QED) is 0.890. The van der Waals surface area contributed by atoms with Crippen LogP contribution in [0.25, 0.3) is 0 Å². The third kappa shape index (κ3) is 3.87. The van der Waals surface area contributed by atoms with Crippen molar-refractivity contribution in [1.82, 2.24) is 10.2 Å². The molecule has 0 atom stereocenters. The lowest BCUT2D eigenvalue weighted by molar-refractivity contribution is 0.311. The van der Waals surface area contributed by atoms with Gasteiger partial charge < -0.3 is 19.9 Å².